The number of aryl methyl sites for hydroxylation is 1. The van der Waals surface area contributed by atoms with Gasteiger partial charge in [-0.25, -0.2) is 0 Å². The maximum absolute atomic E-state index is 12.9. The molecule has 2 aromatic rings. The number of benzene rings is 2. The van der Waals surface area contributed by atoms with E-state index in [4.69, 9.17) is 20.1 Å². The van der Waals surface area contributed by atoms with Crippen LogP contribution in [0.25, 0.3) is 10.4 Å². The predicted octanol–water partition coefficient (Wildman–Crippen LogP) is 4.96. The van der Waals surface area contributed by atoms with Crippen molar-refractivity contribution in [1.82, 2.24) is 9.80 Å². The second kappa shape index (κ2) is 17.4. The van der Waals surface area contributed by atoms with Crippen molar-refractivity contribution in [2.24, 2.45) is 5.11 Å². The summed E-state index contributed by atoms with van der Waals surface area (Å²) >= 11 is 0. The number of carboxylic acid groups (broad SMARTS) is 1. The first-order chi connectivity index (χ1) is 21.4. The van der Waals surface area contributed by atoms with Crippen molar-refractivity contribution in [3.8, 4) is 11.5 Å². The van der Waals surface area contributed by atoms with Gasteiger partial charge in [0.05, 0.1) is 13.1 Å². The Hall–Kier alpha value is -4.32. The van der Waals surface area contributed by atoms with Crippen LogP contribution in [0.2, 0.25) is 0 Å². The van der Waals surface area contributed by atoms with Crippen LogP contribution in [0.5, 0.6) is 11.5 Å². The van der Waals surface area contributed by atoms with Gasteiger partial charge in [0.25, 0.3) is 0 Å². The van der Waals surface area contributed by atoms with E-state index in [1.807, 2.05) is 0 Å². The van der Waals surface area contributed by atoms with Crippen molar-refractivity contribution in [1.29, 1.82) is 0 Å². The number of aromatic hydroxyl groups is 2. The highest BCUT2D eigenvalue weighted by molar-refractivity contribution is 5.72. The zero-order chi connectivity index (χ0) is 34.5. The summed E-state index contributed by atoms with van der Waals surface area (Å²) in [5.74, 6) is -1.83. The molecule has 46 heavy (non-hydrogen) atoms. The van der Waals surface area contributed by atoms with Gasteiger partial charge in [-0.2, -0.15) is 0 Å². The summed E-state index contributed by atoms with van der Waals surface area (Å²) < 4.78 is 11.1. The number of phenolic OH excluding ortho intramolecular Hbond substituents is 2. The molecular weight excluding hydrogens is 594 g/mol. The molecule has 252 valence electrons. The van der Waals surface area contributed by atoms with Crippen molar-refractivity contribution in [2.45, 2.75) is 85.1 Å². The molecule has 0 bridgehead atoms. The third kappa shape index (κ3) is 15.1. The molecule has 0 saturated carbocycles. The lowest BCUT2D eigenvalue weighted by Crippen LogP contribution is -2.41. The van der Waals surface area contributed by atoms with Gasteiger partial charge in [-0.1, -0.05) is 29.4 Å². The number of rotatable bonds is 17. The molecule has 2 aromatic carbocycles. The standard InChI is InChI=1S/C33H47N5O8/c1-32(2,3)45-30(43)21-37(19-25-17-23(7-10-27(25)39)9-12-29(41)42)15-16-38(22-31(44)46-33(4,5)6)20-26-18-24(8-11-28(26)40)13-14-35-36-34/h7-8,10-11,17-18,39-40H,9,12-16,19-22H2,1-6H3,(H,41,42). The van der Waals surface area contributed by atoms with Gasteiger partial charge in [-0.05, 0) is 83.2 Å². The van der Waals surface area contributed by atoms with Crippen molar-refractivity contribution in [3.63, 3.8) is 0 Å². The lowest BCUT2D eigenvalue weighted by Gasteiger charge is -2.29. The number of nitrogens with zero attached hydrogens (tertiary/aromatic N) is 5. The van der Waals surface area contributed by atoms with E-state index in [1.165, 1.54) is 6.07 Å². The van der Waals surface area contributed by atoms with Crippen LogP contribution in [0.3, 0.4) is 0 Å². The number of carbonyl (C=O) groups is 3. The molecule has 0 aliphatic rings. The van der Waals surface area contributed by atoms with Gasteiger partial charge in [0.15, 0.2) is 0 Å². The Morgan fingerprint density at radius 3 is 1.61 bits per heavy atom. The minimum Gasteiger partial charge on any atom is -0.508 e. The van der Waals surface area contributed by atoms with Crippen LogP contribution in [-0.4, -0.2) is 87.0 Å². The molecule has 0 atom stereocenters. The van der Waals surface area contributed by atoms with E-state index in [1.54, 1.807) is 81.7 Å². The van der Waals surface area contributed by atoms with Crippen molar-refractivity contribution in [2.75, 3.05) is 32.7 Å². The topological polar surface area (TPSA) is 186 Å². The first kappa shape index (κ1) is 37.9. The Bertz CT molecular complexity index is 1300. The number of esters is 2. The van der Waals surface area contributed by atoms with Crippen LogP contribution >= 0.6 is 0 Å². The van der Waals surface area contributed by atoms with Gasteiger partial charge < -0.3 is 24.8 Å². The Labute approximate surface area is 270 Å². The molecular formula is C33H47N5O8. The van der Waals surface area contributed by atoms with Crippen molar-refractivity contribution < 1.29 is 39.2 Å². The third-order valence-electron chi connectivity index (χ3n) is 6.54. The summed E-state index contributed by atoms with van der Waals surface area (Å²) in [6.45, 7) is 11.5. The fraction of sp³-hybridized carbons (Fsp3) is 0.545. The molecule has 0 aliphatic carbocycles. The van der Waals surface area contributed by atoms with E-state index in [9.17, 15) is 24.6 Å². The Morgan fingerprint density at radius 1 is 0.783 bits per heavy atom. The summed E-state index contributed by atoms with van der Waals surface area (Å²) in [5, 5.41) is 33.9. The van der Waals surface area contributed by atoms with E-state index in [2.05, 4.69) is 10.0 Å². The van der Waals surface area contributed by atoms with E-state index in [0.717, 1.165) is 11.1 Å². The number of phenols is 2. The summed E-state index contributed by atoms with van der Waals surface area (Å²) in [6.07, 6.45) is 0.691. The molecule has 0 heterocycles. The highest BCUT2D eigenvalue weighted by atomic mass is 16.6. The number of carboxylic acids is 1. The molecule has 3 N–H and O–H groups in total. The fourth-order valence-corrected chi connectivity index (χ4v) is 4.62. The molecule has 0 spiro atoms. The molecule has 0 saturated heterocycles. The van der Waals surface area contributed by atoms with E-state index in [-0.39, 0.29) is 70.2 Å². The van der Waals surface area contributed by atoms with Crippen LogP contribution in [0.4, 0.5) is 0 Å². The van der Waals surface area contributed by atoms with Gasteiger partial charge in [-0.15, -0.1) is 0 Å². The lowest BCUT2D eigenvalue weighted by atomic mass is 10.0. The van der Waals surface area contributed by atoms with Gasteiger partial charge in [0.1, 0.15) is 22.7 Å². The third-order valence-corrected chi connectivity index (χ3v) is 6.54. The summed E-state index contributed by atoms with van der Waals surface area (Å²) in [7, 11) is 0. The van der Waals surface area contributed by atoms with Crippen LogP contribution in [0.1, 0.15) is 70.2 Å². The first-order valence-electron chi connectivity index (χ1n) is 15.2. The molecule has 0 radical (unpaired) electrons. The lowest BCUT2D eigenvalue weighted by molar-refractivity contribution is -0.158. The monoisotopic (exact) mass is 641 g/mol. The maximum Gasteiger partial charge on any atom is 0.320 e. The second-order valence-corrected chi connectivity index (χ2v) is 13.1. The number of carbonyl (C=O) groups excluding carboxylic acids is 2. The molecule has 0 aliphatic heterocycles. The summed E-state index contributed by atoms with van der Waals surface area (Å²) in [5.41, 5.74) is 9.83. The Morgan fingerprint density at radius 2 is 1.22 bits per heavy atom. The zero-order valence-electron chi connectivity index (χ0n) is 27.7. The number of hydrogen-bond acceptors (Lipinski definition) is 10. The first-order valence-corrected chi connectivity index (χ1v) is 15.2. The van der Waals surface area contributed by atoms with Crippen LogP contribution < -0.4 is 0 Å². The van der Waals surface area contributed by atoms with Crippen molar-refractivity contribution in [3.05, 3.63) is 69.1 Å². The molecule has 0 aromatic heterocycles. The quantitative estimate of drug-likeness (QED) is 0.0923. The van der Waals surface area contributed by atoms with Crippen molar-refractivity contribution >= 4 is 17.9 Å². The highest BCUT2D eigenvalue weighted by Gasteiger charge is 2.24. The van der Waals surface area contributed by atoms with E-state index < -0.39 is 29.1 Å². The van der Waals surface area contributed by atoms with E-state index in [0.29, 0.717) is 17.5 Å². The SMILES string of the molecule is CC(C)(C)OC(=O)CN(CCN(CC(=O)OC(C)(C)C)Cc1cc(CCC(=O)O)ccc1O)Cc1cc(CCN=[N+]=[N-])ccc1O. The average molecular weight is 642 g/mol. The predicted molar refractivity (Wildman–Crippen MR) is 172 cm³/mol. The smallest absolute Gasteiger partial charge is 0.320 e. The molecule has 13 nitrogen and oxygen atoms in total. The second-order valence-electron chi connectivity index (χ2n) is 13.1. The summed E-state index contributed by atoms with van der Waals surface area (Å²) in [4.78, 5) is 43.3. The van der Waals surface area contributed by atoms with Crippen LogP contribution in [0.15, 0.2) is 41.5 Å². The van der Waals surface area contributed by atoms with Gasteiger partial charge in [0.2, 0.25) is 0 Å². The minimum absolute atomic E-state index is 0.00125. The number of azide groups is 1. The molecule has 0 amide bonds. The number of hydrogen-bond donors (Lipinski definition) is 3. The normalized spacial score (nSPS) is 11.7. The Balaban J connectivity index is 2.36. The largest absolute Gasteiger partial charge is 0.508 e. The molecule has 0 fully saturated rings. The number of aliphatic carboxylic acids is 1. The highest BCUT2D eigenvalue weighted by Crippen LogP contribution is 2.24. The molecule has 13 heteroatoms. The van der Waals surface area contributed by atoms with Gasteiger partial charge in [0, 0.05) is 55.2 Å². The minimum atomic E-state index is -0.932. The zero-order valence-corrected chi connectivity index (χ0v) is 27.7. The molecule has 2 rings (SSSR count). The van der Waals surface area contributed by atoms with Crippen LogP contribution in [-0.2, 0) is 49.8 Å². The fourth-order valence-electron chi connectivity index (χ4n) is 4.62. The Kier molecular flexibility index (Phi) is 14.3. The number of ether oxygens (including phenoxy) is 2. The molecule has 0 unspecified atom stereocenters. The maximum atomic E-state index is 12.9. The van der Waals surface area contributed by atoms with E-state index >= 15 is 0 Å². The van der Waals surface area contributed by atoms with Gasteiger partial charge in [-0.3, -0.25) is 24.2 Å². The van der Waals surface area contributed by atoms with Crippen LogP contribution in [0, 0.1) is 0 Å². The summed E-state index contributed by atoms with van der Waals surface area (Å²) in [6, 6.07) is 9.98. The average Bonchev–Trinajstić information content (AvgIpc) is 2.91. The van der Waals surface area contributed by atoms with Gasteiger partial charge >= 0.3 is 17.9 Å².